The van der Waals surface area contributed by atoms with Crippen molar-refractivity contribution in [3.8, 4) is 11.8 Å². The Morgan fingerprint density at radius 3 is 3.05 bits per heavy atom. The molecule has 1 heterocycles. The summed E-state index contributed by atoms with van der Waals surface area (Å²) in [6.45, 7) is 3.44. The first-order valence-electron chi connectivity index (χ1n) is 7.62. The predicted octanol–water partition coefficient (Wildman–Crippen LogP) is 1.97. The van der Waals surface area contributed by atoms with Crippen LogP contribution in [0.3, 0.4) is 0 Å². The number of carbonyl (C=O) groups is 1. The number of aliphatic hydroxyl groups is 1. The van der Waals surface area contributed by atoms with E-state index in [4.69, 9.17) is 0 Å². The van der Waals surface area contributed by atoms with Gasteiger partial charge in [-0.15, -0.1) is 0 Å². The van der Waals surface area contributed by atoms with Crippen molar-refractivity contribution in [1.82, 2.24) is 4.90 Å². The van der Waals surface area contributed by atoms with Gasteiger partial charge in [0.1, 0.15) is 5.60 Å². The lowest BCUT2D eigenvalue weighted by atomic mass is 9.71. The van der Waals surface area contributed by atoms with E-state index in [-0.39, 0.29) is 5.92 Å². The number of benzene rings is 1. The molecule has 21 heavy (non-hydrogen) atoms. The molecule has 3 heteroatoms. The number of rotatable bonds is 1. The highest BCUT2D eigenvalue weighted by Gasteiger charge is 2.47. The van der Waals surface area contributed by atoms with Crippen molar-refractivity contribution in [2.45, 2.75) is 31.8 Å². The largest absolute Gasteiger partial charge is 0.377 e. The van der Waals surface area contributed by atoms with Gasteiger partial charge in [-0.05, 0) is 49.8 Å². The summed E-state index contributed by atoms with van der Waals surface area (Å²) in [6.07, 6.45) is 3.67. The van der Waals surface area contributed by atoms with Crippen LogP contribution >= 0.6 is 0 Å². The Bertz CT molecular complexity index is 601. The van der Waals surface area contributed by atoms with Gasteiger partial charge in [0.15, 0.2) is 0 Å². The standard InChI is InChI=1S/C18H21NO2/c1-14-4-2-5-15(10-14)7-9-18(21)8-3-6-16-11-19(13-20)12-17(16)18/h2,4-5,10,13,16-17,21H,3,6,8,11-12H2,1H3. The lowest BCUT2D eigenvalue weighted by molar-refractivity contribution is -0.117. The van der Waals surface area contributed by atoms with E-state index in [0.29, 0.717) is 18.9 Å². The van der Waals surface area contributed by atoms with Crippen LogP contribution in [0.2, 0.25) is 0 Å². The van der Waals surface area contributed by atoms with E-state index in [9.17, 15) is 9.90 Å². The van der Waals surface area contributed by atoms with Gasteiger partial charge in [-0.25, -0.2) is 0 Å². The first-order chi connectivity index (χ1) is 10.1. The van der Waals surface area contributed by atoms with E-state index in [1.165, 1.54) is 5.56 Å². The Balaban J connectivity index is 1.85. The zero-order valence-corrected chi connectivity index (χ0v) is 12.4. The van der Waals surface area contributed by atoms with Gasteiger partial charge in [0.05, 0.1) is 0 Å². The summed E-state index contributed by atoms with van der Waals surface area (Å²) < 4.78 is 0. The molecule has 1 N–H and O–H groups in total. The summed E-state index contributed by atoms with van der Waals surface area (Å²) in [5, 5.41) is 11.0. The van der Waals surface area contributed by atoms with E-state index >= 15 is 0 Å². The highest BCUT2D eigenvalue weighted by Crippen LogP contribution is 2.42. The second-order valence-corrected chi connectivity index (χ2v) is 6.36. The molecule has 1 aliphatic heterocycles. The van der Waals surface area contributed by atoms with Gasteiger partial charge in [0.25, 0.3) is 0 Å². The molecule has 0 spiro atoms. The Labute approximate surface area is 126 Å². The smallest absolute Gasteiger partial charge is 0.209 e. The van der Waals surface area contributed by atoms with Crippen LogP contribution in [-0.2, 0) is 4.79 Å². The van der Waals surface area contributed by atoms with E-state index in [0.717, 1.165) is 31.4 Å². The van der Waals surface area contributed by atoms with Crippen LogP contribution in [0.25, 0.3) is 0 Å². The first-order valence-corrected chi connectivity index (χ1v) is 7.62. The SMILES string of the molecule is Cc1cccc(C#CC2(O)CCCC3CN(C=O)CC32)c1. The number of likely N-dealkylation sites (tertiary alicyclic amines) is 1. The molecule has 0 bridgehead atoms. The Morgan fingerprint density at radius 1 is 1.43 bits per heavy atom. The highest BCUT2D eigenvalue weighted by molar-refractivity contribution is 5.48. The number of carbonyl (C=O) groups excluding carboxylic acids is 1. The lowest BCUT2D eigenvalue weighted by Crippen LogP contribution is -2.44. The second-order valence-electron chi connectivity index (χ2n) is 6.36. The lowest BCUT2D eigenvalue weighted by Gasteiger charge is -2.37. The van der Waals surface area contributed by atoms with Crippen molar-refractivity contribution in [3.05, 3.63) is 35.4 Å². The molecule has 2 fully saturated rings. The average molecular weight is 283 g/mol. The van der Waals surface area contributed by atoms with Gasteiger partial charge < -0.3 is 10.0 Å². The maximum Gasteiger partial charge on any atom is 0.209 e. The third-order valence-corrected chi connectivity index (χ3v) is 4.81. The fraction of sp³-hybridized carbons (Fsp3) is 0.500. The minimum absolute atomic E-state index is 0.0914. The van der Waals surface area contributed by atoms with E-state index in [1.807, 2.05) is 31.2 Å². The molecule has 2 aliphatic rings. The number of fused-ring (bicyclic) bond motifs is 1. The molecule has 1 amide bonds. The van der Waals surface area contributed by atoms with Crippen LogP contribution in [0.5, 0.6) is 0 Å². The van der Waals surface area contributed by atoms with Gasteiger partial charge in [-0.1, -0.05) is 24.0 Å². The molecule has 0 aromatic heterocycles. The molecule has 0 radical (unpaired) electrons. The Hall–Kier alpha value is -1.79. The Kier molecular flexibility index (Phi) is 3.73. The fourth-order valence-corrected chi connectivity index (χ4v) is 3.70. The summed E-state index contributed by atoms with van der Waals surface area (Å²) in [5.74, 6) is 6.74. The maximum atomic E-state index is 11.0. The summed E-state index contributed by atoms with van der Waals surface area (Å²) in [4.78, 5) is 12.8. The number of hydrogen-bond donors (Lipinski definition) is 1. The number of hydrogen-bond acceptors (Lipinski definition) is 2. The number of nitrogens with zero attached hydrogens (tertiary/aromatic N) is 1. The minimum Gasteiger partial charge on any atom is -0.377 e. The second kappa shape index (κ2) is 5.54. The van der Waals surface area contributed by atoms with Crippen LogP contribution in [0.15, 0.2) is 24.3 Å². The molecule has 110 valence electrons. The molecule has 3 nitrogen and oxygen atoms in total. The summed E-state index contributed by atoms with van der Waals surface area (Å²) >= 11 is 0. The molecule has 1 aromatic carbocycles. The van der Waals surface area contributed by atoms with Gasteiger partial charge in [0.2, 0.25) is 6.41 Å². The van der Waals surface area contributed by atoms with Crippen LogP contribution in [0.4, 0.5) is 0 Å². The van der Waals surface area contributed by atoms with E-state index in [1.54, 1.807) is 4.90 Å². The molecule has 1 aliphatic carbocycles. The predicted molar refractivity (Wildman–Crippen MR) is 81.5 cm³/mol. The van der Waals surface area contributed by atoms with Crippen molar-refractivity contribution < 1.29 is 9.90 Å². The summed E-state index contributed by atoms with van der Waals surface area (Å²) in [5.41, 5.74) is 1.16. The summed E-state index contributed by atoms with van der Waals surface area (Å²) in [7, 11) is 0. The van der Waals surface area contributed by atoms with Crippen LogP contribution in [0.1, 0.15) is 30.4 Å². The molecule has 1 aromatic rings. The van der Waals surface area contributed by atoms with Gasteiger partial charge in [0, 0.05) is 24.6 Å². The third-order valence-electron chi connectivity index (χ3n) is 4.81. The molecule has 3 atom stereocenters. The summed E-state index contributed by atoms with van der Waals surface area (Å²) in [6, 6.07) is 8.02. The molecule has 3 rings (SSSR count). The molecular weight excluding hydrogens is 262 g/mol. The molecule has 1 saturated carbocycles. The first kappa shape index (κ1) is 14.2. The minimum atomic E-state index is -0.954. The van der Waals surface area contributed by atoms with E-state index < -0.39 is 5.60 Å². The topological polar surface area (TPSA) is 40.5 Å². The van der Waals surface area contributed by atoms with Crippen LogP contribution in [0, 0.1) is 30.6 Å². The van der Waals surface area contributed by atoms with Gasteiger partial charge in [-0.2, -0.15) is 0 Å². The Morgan fingerprint density at radius 2 is 2.29 bits per heavy atom. The van der Waals surface area contributed by atoms with Crippen molar-refractivity contribution >= 4 is 6.41 Å². The van der Waals surface area contributed by atoms with Crippen molar-refractivity contribution in [1.29, 1.82) is 0 Å². The molecule has 3 unspecified atom stereocenters. The average Bonchev–Trinajstić information content (AvgIpc) is 2.91. The maximum absolute atomic E-state index is 11.0. The fourth-order valence-electron chi connectivity index (χ4n) is 3.70. The van der Waals surface area contributed by atoms with Crippen molar-refractivity contribution in [3.63, 3.8) is 0 Å². The zero-order chi connectivity index (χ0) is 14.9. The highest BCUT2D eigenvalue weighted by atomic mass is 16.3. The number of aryl methyl sites for hydroxylation is 1. The van der Waals surface area contributed by atoms with Gasteiger partial charge in [-0.3, -0.25) is 4.79 Å². The normalized spacial score (nSPS) is 31.2. The monoisotopic (exact) mass is 283 g/mol. The molecular formula is C18H21NO2. The van der Waals surface area contributed by atoms with E-state index in [2.05, 4.69) is 11.8 Å². The zero-order valence-electron chi connectivity index (χ0n) is 12.4. The van der Waals surface area contributed by atoms with Gasteiger partial charge >= 0.3 is 0 Å². The number of amides is 1. The van der Waals surface area contributed by atoms with Crippen molar-refractivity contribution in [2.75, 3.05) is 13.1 Å². The van der Waals surface area contributed by atoms with Crippen LogP contribution < -0.4 is 0 Å². The molecule has 1 saturated heterocycles. The third kappa shape index (κ3) is 2.82. The van der Waals surface area contributed by atoms with Crippen LogP contribution in [-0.4, -0.2) is 35.1 Å². The van der Waals surface area contributed by atoms with Crippen molar-refractivity contribution in [2.24, 2.45) is 11.8 Å². The quantitative estimate of drug-likeness (QED) is 0.632.